The summed E-state index contributed by atoms with van der Waals surface area (Å²) in [6.07, 6.45) is 2.24. The highest BCUT2D eigenvalue weighted by atomic mass is 16.1. The maximum Gasteiger partial charge on any atom is 0.225 e. The lowest BCUT2D eigenvalue weighted by atomic mass is 10.7. The van der Waals surface area contributed by atoms with Crippen LogP contribution in [0.2, 0.25) is 0 Å². The quantitative estimate of drug-likeness (QED) is 0.466. The molecule has 0 aromatic heterocycles. The number of nitrogens with zero attached hydrogens (tertiary/aromatic N) is 2. The maximum absolute atomic E-state index is 9.75. The molecule has 0 aromatic rings. The molecule has 0 atom stereocenters. The molecule has 1 heterocycles. The third kappa shape index (κ3) is 0.959. The highest BCUT2D eigenvalue weighted by Crippen LogP contribution is 1.84. The van der Waals surface area contributed by atoms with Crippen LogP contribution in [0.5, 0.6) is 0 Å². The molecule has 1 aliphatic rings. The van der Waals surface area contributed by atoms with Crippen molar-refractivity contribution in [3.05, 3.63) is 0 Å². The Morgan fingerprint density at radius 1 is 1.88 bits per heavy atom. The Balaban J connectivity index is 2.25. The van der Waals surface area contributed by atoms with Crippen molar-refractivity contribution in [2.24, 2.45) is 4.99 Å². The average Bonchev–Trinajstić information content (AvgIpc) is 2.19. The largest absolute Gasteiger partial charge is 0.277 e. The summed E-state index contributed by atoms with van der Waals surface area (Å²) < 4.78 is 0. The molecule has 1 rings (SSSR count). The Bertz CT molecular complexity index is 112. The second kappa shape index (κ2) is 2.30. The van der Waals surface area contributed by atoms with Crippen LogP contribution in [0.15, 0.2) is 4.99 Å². The van der Waals surface area contributed by atoms with E-state index in [2.05, 4.69) is 10.4 Å². The van der Waals surface area contributed by atoms with Crippen LogP contribution in [0.4, 0.5) is 0 Å². The summed E-state index contributed by atoms with van der Waals surface area (Å²) in [4.78, 5) is 13.6. The molecule has 1 aliphatic heterocycles. The Kier molecular flexibility index (Phi) is 1.46. The van der Waals surface area contributed by atoms with E-state index in [9.17, 15) is 4.79 Å². The fourth-order valence-corrected chi connectivity index (χ4v) is 0.545. The van der Waals surface area contributed by atoms with Gasteiger partial charge in [-0.3, -0.25) is 20.2 Å². The topological polar surface area (TPSA) is 44.7 Å². The van der Waals surface area contributed by atoms with Gasteiger partial charge >= 0.3 is 0 Å². The number of hydrogen-bond acceptors (Lipinski definition) is 3. The maximum atomic E-state index is 9.75. The van der Waals surface area contributed by atoms with E-state index < -0.39 is 0 Å². The van der Waals surface area contributed by atoms with Gasteiger partial charge in [0.25, 0.3) is 0 Å². The van der Waals surface area contributed by atoms with Crippen LogP contribution < -0.4 is 5.43 Å². The van der Waals surface area contributed by atoms with Crippen LogP contribution in [0.1, 0.15) is 0 Å². The SMILES string of the molecule is O=CNN1C=NCC1. The molecule has 0 aliphatic carbocycles. The lowest BCUT2D eigenvalue weighted by Crippen LogP contribution is -2.33. The molecule has 4 heteroatoms. The highest BCUT2D eigenvalue weighted by Gasteiger charge is 2.00. The Morgan fingerprint density at radius 2 is 2.75 bits per heavy atom. The zero-order valence-corrected chi connectivity index (χ0v) is 4.37. The van der Waals surface area contributed by atoms with E-state index in [0.29, 0.717) is 6.41 Å². The van der Waals surface area contributed by atoms with Crippen LogP contribution in [0.25, 0.3) is 0 Å². The number of hydrogen-bond donors (Lipinski definition) is 1. The van der Waals surface area contributed by atoms with E-state index in [4.69, 9.17) is 0 Å². The summed E-state index contributed by atoms with van der Waals surface area (Å²) in [6, 6.07) is 0. The third-order valence-electron chi connectivity index (χ3n) is 0.910. The van der Waals surface area contributed by atoms with Gasteiger partial charge in [-0.25, -0.2) is 0 Å². The van der Waals surface area contributed by atoms with Crippen LogP contribution in [0, 0.1) is 0 Å². The normalized spacial score (nSPS) is 16.8. The van der Waals surface area contributed by atoms with Gasteiger partial charge in [0.1, 0.15) is 6.34 Å². The van der Waals surface area contributed by atoms with Crippen molar-refractivity contribution in [1.82, 2.24) is 10.4 Å². The van der Waals surface area contributed by atoms with Crippen molar-refractivity contribution in [1.29, 1.82) is 0 Å². The zero-order valence-electron chi connectivity index (χ0n) is 4.37. The summed E-state index contributed by atoms with van der Waals surface area (Å²) in [7, 11) is 0. The summed E-state index contributed by atoms with van der Waals surface area (Å²) >= 11 is 0. The van der Waals surface area contributed by atoms with E-state index in [-0.39, 0.29) is 0 Å². The van der Waals surface area contributed by atoms with E-state index in [1.807, 2.05) is 0 Å². The van der Waals surface area contributed by atoms with Crippen LogP contribution in [-0.2, 0) is 4.79 Å². The summed E-state index contributed by atoms with van der Waals surface area (Å²) in [6.45, 7) is 1.57. The molecule has 0 radical (unpaired) electrons. The number of hydrazine groups is 1. The molecular formula is C4H7N3O. The second-order valence-corrected chi connectivity index (χ2v) is 1.46. The number of nitrogens with one attached hydrogen (secondary N) is 1. The lowest BCUT2D eigenvalue weighted by molar-refractivity contribution is -0.112. The Hall–Kier alpha value is -1.06. The molecule has 0 spiro atoms. The van der Waals surface area contributed by atoms with Gasteiger partial charge in [-0.2, -0.15) is 0 Å². The van der Waals surface area contributed by atoms with Crippen molar-refractivity contribution < 1.29 is 4.79 Å². The van der Waals surface area contributed by atoms with Gasteiger partial charge in [-0.15, -0.1) is 0 Å². The number of carbonyl (C=O) groups is 1. The lowest BCUT2D eigenvalue weighted by Gasteiger charge is -2.08. The number of amides is 1. The molecule has 0 saturated carbocycles. The van der Waals surface area contributed by atoms with Crippen molar-refractivity contribution in [2.75, 3.05) is 13.1 Å². The van der Waals surface area contributed by atoms with Crippen molar-refractivity contribution >= 4 is 12.7 Å². The summed E-state index contributed by atoms with van der Waals surface area (Å²) in [5, 5.41) is 1.63. The van der Waals surface area contributed by atoms with Crippen LogP contribution in [-0.4, -0.2) is 30.8 Å². The average molecular weight is 113 g/mol. The molecule has 0 fully saturated rings. The first-order chi connectivity index (χ1) is 3.93. The monoisotopic (exact) mass is 113 g/mol. The second-order valence-electron chi connectivity index (χ2n) is 1.46. The molecule has 0 saturated heterocycles. The fraction of sp³-hybridized carbons (Fsp3) is 0.500. The van der Waals surface area contributed by atoms with Crippen molar-refractivity contribution in [2.45, 2.75) is 0 Å². The van der Waals surface area contributed by atoms with Gasteiger partial charge in [0.05, 0.1) is 13.1 Å². The van der Waals surface area contributed by atoms with E-state index in [1.54, 1.807) is 11.3 Å². The van der Waals surface area contributed by atoms with Gasteiger partial charge in [-0.05, 0) is 0 Å². The minimum atomic E-state index is 0.636. The van der Waals surface area contributed by atoms with E-state index in [1.165, 1.54) is 0 Å². The molecule has 0 unspecified atom stereocenters. The molecule has 0 aromatic carbocycles. The molecule has 1 amide bonds. The smallest absolute Gasteiger partial charge is 0.225 e. The number of aliphatic imine (C=N–C) groups is 1. The van der Waals surface area contributed by atoms with Gasteiger partial charge in [0.2, 0.25) is 6.41 Å². The molecule has 4 nitrogen and oxygen atoms in total. The molecular weight excluding hydrogens is 106 g/mol. The Morgan fingerprint density at radius 3 is 3.25 bits per heavy atom. The summed E-state index contributed by atoms with van der Waals surface area (Å²) in [5.41, 5.74) is 2.45. The first kappa shape index (κ1) is 5.08. The first-order valence-electron chi connectivity index (χ1n) is 2.40. The van der Waals surface area contributed by atoms with E-state index in [0.717, 1.165) is 13.1 Å². The molecule has 8 heavy (non-hydrogen) atoms. The van der Waals surface area contributed by atoms with Gasteiger partial charge in [0, 0.05) is 0 Å². The Labute approximate surface area is 47.2 Å². The van der Waals surface area contributed by atoms with Crippen LogP contribution >= 0.6 is 0 Å². The fourth-order valence-electron chi connectivity index (χ4n) is 0.545. The van der Waals surface area contributed by atoms with Gasteiger partial charge < -0.3 is 0 Å². The predicted octanol–water partition coefficient (Wildman–Crippen LogP) is -1.01. The first-order valence-corrected chi connectivity index (χ1v) is 2.40. The minimum absolute atomic E-state index is 0.636. The van der Waals surface area contributed by atoms with Gasteiger partial charge in [-0.1, -0.05) is 0 Å². The number of carbonyl (C=O) groups excluding carboxylic acids is 1. The zero-order chi connectivity index (χ0) is 5.82. The predicted molar refractivity (Wildman–Crippen MR) is 29.3 cm³/mol. The third-order valence-corrected chi connectivity index (χ3v) is 0.910. The van der Waals surface area contributed by atoms with E-state index >= 15 is 0 Å². The van der Waals surface area contributed by atoms with Crippen molar-refractivity contribution in [3.63, 3.8) is 0 Å². The molecule has 1 N–H and O–H groups in total. The van der Waals surface area contributed by atoms with Crippen molar-refractivity contribution in [3.8, 4) is 0 Å². The highest BCUT2D eigenvalue weighted by molar-refractivity contribution is 5.60. The molecule has 0 bridgehead atoms. The minimum Gasteiger partial charge on any atom is -0.277 e. The number of rotatable bonds is 2. The standard InChI is InChI=1S/C4H7N3O/c8-4-6-7-2-1-5-3-7/h3-4H,1-2H2,(H,6,8). The van der Waals surface area contributed by atoms with Crippen LogP contribution in [0.3, 0.4) is 0 Å². The van der Waals surface area contributed by atoms with Gasteiger partial charge in [0.15, 0.2) is 0 Å². The molecule has 44 valence electrons. The summed E-state index contributed by atoms with van der Waals surface area (Å²) in [5.74, 6) is 0.